The lowest BCUT2D eigenvalue weighted by molar-refractivity contribution is 0.0628. The van der Waals surface area contributed by atoms with E-state index in [9.17, 15) is 4.79 Å². The molecule has 0 aliphatic carbocycles. The number of carbonyl (C=O) groups excluding carboxylic acids is 1. The second kappa shape index (κ2) is 7.43. The fraction of sp³-hybridized carbons (Fsp3) is 0.300. The Balaban J connectivity index is 1.33. The predicted octanol–water partition coefficient (Wildman–Crippen LogP) is 3.67. The van der Waals surface area contributed by atoms with Gasteiger partial charge >= 0.3 is 0 Å². The summed E-state index contributed by atoms with van der Waals surface area (Å²) in [7, 11) is 0. The Bertz CT molecular complexity index is 880. The number of benzene rings is 1. The van der Waals surface area contributed by atoms with Crippen LogP contribution in [0.25, 0.3) is 11.5 Å². The highest BCUT2D eigenvalue weighted by Gasteiger charge is 2.23. The second-order valence-corrected chi connectivity index (χ2v) is 7.48. The number of carbonyl (C=O) groups is 1. The van der Waals surface area contributed by atoms with Crippen molar-refractivity contribution < 1.29 is 9.21 Å². The van der Waals surface area contributed by atoms with Gasteiger partial charge in [0.1, 0.15) is 10.7 Å². The van der Waals surface area contributed by atoms with Crippen LogP contribution in [0.2, 0.25) is 0 Å². The summed E-state index contributed by atoms with van der Waals surface area (Å²) in [5.41, 5.74) is 2.79. The zero-order chi connectivity index (χ0) is 17.9. The van der Waals surface area contributed by atoms with Gasteiger partial charge in [-0.25, -0.2) is 4.98 Å². The maximum Gasteiger partial charge on any atom is 0.253 e. The zero-order valence-corrected chi connectivity index (χ0v) is 15.5. The van der Waals surface area contributed by atoms with Crippen molar-refractivity contribution in [2.24, 2.45) is 0 Å². The van der Waals surface area contributed by atoms with Crippen molar-refractivity contribution in [3.8, 4) is 11.5 Å². The highest BCUT2D eigenvalue weighted by atomic mass is 32.1. The van der Waals surface area contributed by atoms with Gasteiger partial charge in [0.05, 0.1) is 12.8 Å². The number of thiazole rings is 1. The monoisotopic (exact) mass is 367 g/mol. The van der Waals surface area contributed by atoms with Gasteiger partial charge in [0, 0.05) is 37.1 Å². The SMILES string of the molecule is Cc1cccc(C(=O)N2CCN(Cc3nc(-c4ccco4)cs3)CC2)c1. The van der Waals surface area contributed by atoms with Gasteiger partial charge in [-0.1, -0.05) is 17.7 Å². The van der Waals surface area contributed by atoms with Crippen LogP contribution in [0.4, 0.5) is 0 Å². The molecule has 0 saturated carbocycles. The van der Waals surface area contributed by atoms with Crippen molar-refractivity contribution in [1.82, 2.24) is 14.8 Å². The molecule has 134 valence electrons. The van der Waals surface area contributed by atoms with E-state index in [1.165, 1.54) is 0 Å². The lowest BCUT2D eigenvalue weighted by atomic mass is 10.1. The Hall–Kier alpha value is -2.44. The van der Waals surface area contributed by atoms with Crippen molar-refractivity contribution in [3.63, 3.8) is 0 Å². The predicted molar refractivity (Wildman–Crippen MR) is 102 cm³/mol. The third kappa shape index (κ3) is 3.71. The number of piperazine rings is 1. The largest absolute Gasteiger partial charge is 0.463 e. The summed E-state index contributed by atoms with van der Waals surface area (Å²) in [5, 5.41) is 3.11. The Kier molecular flexibility index (Phi) is 4.86. The lowest BCUT2D eigenvalue weighted by Crippen LogP contribution is -2.48. The number of hydrogen-bond donors (Lipinski definition) is 0. The number of hydrogen-bond acceptors (Lipinski definition) is 5. The average Bonchev–Trinajstić information content (AvgIpc) is 3.33. The van der Waals surface area contributed by atoms with Crippen LogP contribution in [0, 0.1) is 6.92 Å². The molecule has 1 fully saturated rings. The molecule has 0 bridgehead atoms. The number of aromatic nitrogens is 1. The van der Waals surface area contributed by atoms with Crippen LogP contribution >= 0.6 is 11.3 Å². The normalized spacial score (nSPS) is 15.3. The molecule has 26 heavy (non-hydrogen) atoms. The molecule has 4 rings (SSSR count). The van der Waals surface area contributed by atoms with Crippen molar-refractivity contribution in [1.29, 1.82) is 0 Å². The molecule has 0 atom stereocenters. The molecule has 0 radical (unpaired) electrons. The van der Waals surface area contributed by atoms with Gasteiger partial charge in [-0.2, -0.15) is 0 Å². The lowest BCUT2D eigenvalue weighted by Gasteiger charge is -2.34. The standard InChI is InChI=1S/C20H21N3O2S/c1-15-4-2-5-16(12-15)20(24)23-9-7-22(8-10-23)13-19-21-17(14-26-19)18-6-3-11-25-18/h2-6,11-12,14H,7-10,13H2,1H3. The second-order valence-electron chi connectivity index (χ2n) is 6.54. The van der Waals surface area contributed by atoms with Gasteiger partial charge in [0.15, 0.2) is 5.76 Å². The maximum absolute atomic E-state index is 12.6. The van der Waals surface area contributed by atoms with Gasteiger partial charge in [0.25, 0.3) is 5.91 Å². The first-order chi connectivity index (χ1) is 12.7. The molecule has 0 unspecified atom stereocenters. The number of rotatable bonds is 4. The molecule has 3 heterocycles. The molecule has 1 aliphatic heterocycles. The third-order valence-corrected chi connectivity index (χ3v) is 5.44. The summed E-state index contributed by atoms with van der Waals surface area (Å²) in [6.45, 7) is 6.07. The topological polar surface area (TPSA) is 49.6 Å². The molecule has 0 N–H and O–H groups in total. The van der Waals surface area contributed by atoms with E-state index in [1.807, 2.05) is 53.6 Å². The van der Waals surface area contributed by atoms with E-state index < -0.39 is 0 Å². The summed E-state index contributed by atoms with van der Waals surface area (Å²) in [5.74, 6) is 0.934. The molecule has 3 aromatic rings. The fourth-order valence-electron chi connectivity index (χ4n) is 3.18. The summed E-state index contributed by atoms with van der Waals surface area (Å²) < 4.78 is 5.40. The highest BCUT2D eigenvalue weighted by Crippen LogP contribution is 2.23. The first kappa shape index (κ1) is 17.0. The van der Waals surface area contributed by atoms with Crippen molar-refractivity contribution >= 4 is 17.2 Å². The summed E-state index contributed by atoms with van der Waals surface area (Å²) in [6, 6.07) is 11.6. The Morgan fingerprint density at radius 3 is 2.77 bits per heavy atom. The average molecular weight is 367 g/mol. The maximum atomic E-state index is 12.6. The molecule has 1 aliphatic rings. The van der Waals surface area contributed by atoms with Crippen LogP contribution in [0.5, 0.6) is 0 Å². The van der Waals surface area contributed by atoms with Crippen molar-refractivity contribution in [2.45, 2.75) is 13.5 Å². The van der Waals surface area contributed by atoms with E-state index in [0.717, 1.165) is 60.3 Å². The summed E-state index contributed by atoms with van der Waals surface area (Å²) >= 11 is 1.65. The van der Waals surface area contributed by atoms with Gasteiger partial charge in [0.2, 0.25) is 0 Å². The van der Waals surface area contributed by atoms with Crippen LogP contribution in [0.3, 0.4) is 0 Å². The minimum absolute atomic E-state index is 0.128. The van der Waals surface area contributed by atoms with Crippen LogP contribution < -0.4 is 0 Å². The first-order valence-corrected chi connectivity index (χ1v) is 9.63. The minimum atomic E-state index is 0.128. The van der Waals surface area contributed by atoms with E-state index in [2.05, 4.69) is 9.88 Å². The van der Waals surface area contributed by atoms with Crippen LogP contribution in [0.15, 0.2) is 52.5 Å². The Morgan fingerprint density at radius 2 is 2.04 bits per heavy atom. The van der Waals surface area contributed by atoms with Crippen LogP contribution in [-0.4, -0.2) is 46.9 Å². The van der Waals surface area contributed by atoms with E-state index in [4.69, 9.17) is 4.42 Å². The Labute approximate surface area is 156 Å². The summed E-state index contributed by atoms with van der Waals surface area (Å²) in [4.78, 5) is 21.6. The Morgan fingerprint density at radius 1 is 1.19 bits per heavy atom. The van der Waals surface area contributed by atoms with Gasteiger partial charge < -0.3 is 9.32 Å². The molecule has 1 aromatic carbocycles. The number of amides is 1. The molecule has 5 nitrogen and oxygen atoms in total. The highest BCUT2D eigenvalue weighted by molar-refractivity contribution is 7.09. The number of furan rings is 1. The quantitative estimate of drug-likeness (QED) is 0.706. The molecular formula is C20H21N3O2S. The van der Waals surface area contributed by atoms with Crippen molar-refractivity contribution in [3.05, 3.63) is 64.2 Å². The zero-order valence-electron chi connectivity index (χ0n) is 14.7. The number of aryl methyl sites for hydroxylation is 1. The minimum Gasteiger partial charge on any atom is -0.463 e. The molecular weight excluding hydrogens is 346 g/mol. The van der Waals surface area contributed by atoms with E-state index in [1.54, 1.807) is 17.6 Å². The molecule has 2 aromatic heterocycles. The number of nitrogens with zero attached hydrogens (tertiary/aromatic N) is 3. The van der Waals surface area contributed by atoms with Crippen molar-refractivity contribution in [2.75, 3.05) is 26.2 Å². The molecule has 0 spiro atoms. The first-order valence-electron chi connectivity index (χ1n) is 8.75. The molecule has 1 saturated heterocycles. The fourth-order valence-corrected chi connectivity index (χ4v) is 4.01. The van der Waals surface area contributed by atoms with Gasteiger partial charge in [-0.15, -0.1) is 11.3 Å². The summed E-state index contributed by atoms with van der Waals surface area (Å²) in [6.07, 6.45) is 1.67. The van der Waals surface area contributed by atoms with Crippen LogP contribution in [-0.2, 0) is 6.54 Å². The van der Waals surface area contributed by atoms with Gasteiger partial charge in [-0.05, 0) is 31.2 Å². The smallest absolute Gasteiger partial charge is 0.253 e. The van der Waals surface area contributed by atoms with E-state index in [0.29, 0.717) is 0 Å². The third-order valence-electron chi connectivity index (χ3n) is 4.61. The molecule has 6 heteroatoms. The van der Waals surface area contributed by atoms with Crippen LogP contribution in [0.1, 0.15) is 20.9 Å². The van der Waals surface area contributed by atoms with E-state index >= 15 is 0 Å². The van der Waals surface area contributed by atoms with Gasteiger partial charge in [-0.3, -0.25) is 9.69 Å². The molecule has 1 amide bonds. The van der Waals surface area contributed by atoms with E-state index in [-0.39, 0.29) is 5.91 Å².